The Morgan fingerprint density at radius 1 is 1.00 bits per heavy atom. The Hall–Kier alpha value is -2.55. The van der Waals surface area contributed by atoms with Crippen LogP contribution in [-0.4, -0.2) is 10.9 Å². The molecule has 0 radical (unpaired) electrons. The van der Waals surface area contributed by atoms with Gasteiger partial charge in [0, 0.05) is 17.0 Å². The van der Waals surface area contributed by atoms with Gasteiger partial charge < -0.3 is 9.52 Å². The molecule has 3 aromatic rings. The smallest absolute Gasteiger partial charge is 0.228 e. The molecule has 1 N–H and O–H groups in total. The van der Waals surface area contributed by atoms with Crippen LogP contribution in [0.3, 0.4) is 0 Å². The van der Waals surface area contributed by atoms with E-state index in [1.54, 1.807) is 24.3 Å². The summed E-state index contributed by atoms with van der Waals surface area (Å²) in [7, 11) is 0. The van der Waals surface area contributed by atoms with Gasteiger partial charge in [0.05, 0.1) is 0 Å². The van der Waals surface area contributed by atoms with Crippen LogP contribution in [0.2, 0.25) is 0 Å². The second kappa shape index (κ2) is 4.53. The molecular formula is C17H14O3. The zero-order valence-corrected chi connectivity index (χ0v) is 11.3. The second-order valence-electron chi connectivity index (χ2n) is 4.96. The Labute approximate surface area is 116 Å². The largest absolute Gasteiger partial charge is 0.508 e. The average Bonchev–Trinajstić information content (AvgIpc) is 2.84. The van der Waals surface area contributed by atoms with E-state index in [-0.39, 0.29) is 17.3 Å². The van der Waals surface area contributed by atoms with Crippen LogP contribution in [0.25, 0.3) is 11.0 Å². The molecule has 0 fully saturated rings. The number of carbonyl (C=O) groups excluding carboxylic acids is 1. The maximum atomic E-state index is 12.4. The predicted octanol–water partition coefficient (Wildman–Crippen LogP) is 3.99. The summed E-state index contributed by atoms with van der Waals surface area (Å²) in [6.07, 6.45) is 0. The molecule has 3 rings (SSSR count). The van der Waals surface area contributed by atoms with Gasteiger partial charge in [-0.2, -0.15) is 0 Å². The number of rotatable bonds is 2. The molecule has 0 amide bonds. The lowest BCUT2D eigenvalue weighted by molar-refractivity contribution is 0.101. The van der Waals surface area contributed by atoms with E-state index < -0.39 is 0 Å². The molecule has 20 heavy (non-hydrogen) atoms. The third kappa shape index (κ3) is 2.07. The number of furan rings is 1. The molecule has 1 heterocycles. The van der Waals surface area contributed by atoms with Gasteiger partial charge in [-0.25, -0.2) is 0 Å². The minimum atomic E-state index is -0.149. The van der Waals surface area contributed by atoms with Gasteiger partial charge >= 0.3 is 0 Å². The molecule has 0 spiro atoms. The molecule has 0 bridgehead atoms. The van der Waals surface area contributed by atoms with Crippen molar-refractivity contribution in [1.82, 2.24) is 0 Å². The van der Waals surface area contributed by atoms with E-state index in [9.17, 15) is 9.90 Å². The first-order valence-corrected chi connectivity index (χ1v) is 6.39. The molecule has 3 nitrogen and oxygen atoms in total. The average molecular weight is 266 g/mol. The summed E-state index contributed by atoms with van der Waals surface area (Å²) < 4.78 is 5.53. The van der Waals surface area contributed by atoms with E-state index in [2.05, 4.69) is 0 Å². The molecule has 0 aliphatic rings. The first-order chi connectivity index (χ1) is 9.54. The van der Waals surface area contributed by atoms with Gasteiger partial charge in [-0.05, 0) is 49.2 Å². The van der Waals surface area contributed by atoms with Crippen LogP contribution < -0.4 is 0 Å². The van der Waals surface area contributed by atoms with Crippen LogP contribution in [0.1, 0.15) is 27.2 Å². The summed E-state index contributed by atoms with van der Waals surface area (Å²) in [5.74, 6) is 0.259. The van der Waals surface area contributed by atoms with Crippen molar-refractivity contribution in [2.24, 2.45) is 0 Å². The highest BCUT2D eigenvalue weighted by Crippen LogP contribution is 2.25. The third-order valence-electron chi connectivity index (χ3n) is 3.50. The Balaban J connectivity index is 2.05. The van der Waals surface area contributed by atoms with Gasteiger partial charge in [-0.3, -0.25) is 4.79 Å². The first kappa shape index (κ1) is 12.5. The highest BCUT2D eigenvalue weighted by atomic mass is 16.3. The van der Waals surface area contributed by atoms with Gasteiger partial charge in [0.15, 0.2) is 5.76 Å². The molecular weight excluding hydrogens is 252 g/mol. The summed E-state index contributed by atoms with van der Waals surface area (Å²) in [6, 6.07) is 12.1. The van der Waals surface area contributed by atoms with Crippen LogP contribution in [-0.2, 0) is 0 Å². The Morgan fingerprint density at radius 2 is 1.80 bits per heavy atom. The van der Waals surface area contributed by atoms with E-state index in [1.807, 2.05) is 26.0 Å². The highest BCUT2D eigenvalue weighted by Gasteiger charge is 2.15. The van der Waals surface area contributed by atoms with Crippen molar-refractivity contribution in [3.05, 3.63) is 64.9 Å². The topological polar surface area (TPSA) is 50.4 Å². The molecule has 0 aliphatic carbocycles. The summed E-state index contributed by atoms with van der Waals surface area (Å²) in [5, 5.41) is 10.2. The number of hydrogen-bond acceptors (Lipinski definition) is 3. The third-order valence-corrected chi connectivity index (χ3v) is 3.50. The summed E-state index contributed by atoms with van der Waals surface area (Å²) in [5.41, 5.74) is 3.34. The van der Waals surface area contributed by atoms with Gasteiger partial charge in [0.25, 0.3) is 0 Å². The zero-order chi connectivity index (χ0) is 14.3. The fraction of sp³-hybridized carbons (Fsp3) is 0.118. The highest BCUT2D eigenvalue weighted by molar-refractivity contribution is 6.09. The first-order valence-electron chi connectivity index (χ1n) is 6.39. The van der Waals surface area contributed by atoms with Gasteiger partial charge in [0.2, 0.25) is 5.78 Å². The number of aromatic hydroxyl groups is 1. The molecule has 100 valence electrons. The molecule has 0 aliphatic heterocycles. The van der Waals surface area contributed by atoms with Crippen LogP contribution in [0, 0.1) is 13.8 Å². The lowest BCUT2D eigenvalue weighted by Gasteiger charge is -2.02. The van der Waals surface area contributed by atoms with Crippen molar-refractivity contribution in [3.8, 4) is 5.75 Å². The van der Waals surface area contributed by atoms with Crippen molar-refractivity contribution in [2.75, 3.05) is 0 Å². The minimum Gasteiger partial charge on any atom is -0.508 e. The Bertz CT molecular complexity index is 812. The van der Waals surface area contributed by atoms with E-state index in [0.29, 0.717) is 11.1 Å². The Morgan fingerprint density at radius 3 is 2.55 bits per heavy atom. The predicted molar refractivity (Wildman–Crippen MR) is 77.2 cm³/mol. The van der Waals surface area contributed by atoms with Crippen LogP contribution in [0.15, 0.2) is 46.9 Å². The number of ketones is 1. The van der Waals surface area contributed by atoms with Crippen LogP contribution in [0.5, 0.6) is 5.75 Å². The number of phenolic OH excluding ortho intramolecular Hbond substituents is 1. The van der Waals surface area contributed by atoms with E-state index in [0.717, 1.165) is 16.5 Å². The quantitative estimate of drug-likeness (QED) is 0.713. The van der Waals surface area contributed by atoms with E-state index in [1.165, 1.54) is 6.07 Å². The van der Waals surface area contributed by atoms with Crippen LogP contribution >= 0.6 is 0 Å². The summed E-state index contributed by atoms with van der Waals surface area (Å²) in [6.45, 7) is 3.98. The van der Waals surface area contributed by atoms with Crippen molar-refractivity contribution < 1.29 is 14.3 Å². The fourth-order valence-corrected chi connectivity index (χ4v) is 2.16. The molecule has 2 aromatic carbocycles. The van der Waals surface area contributed by atoms with Gasteiger partial charge in [0.1, 0.15) is 11.3 Å². The summed E-state index contributed by atoms with van der Waals surface area (Å²) >= 11 is 0. The molecule has 0 atom stereocenters. The number of aryl methyl sites for hydroxylation is 2. The number of benzene rings is 2. The molecule has 0 unspecified atom stereocenters. The minimum absolute atomic E-state index is 0.122. The maximum Gasteiger partial charge on any atom is 0.228 e. The summed E-state index contributed by atoms with van der Waals surface area (Å²) in [4.78, 5) is 12.4. The number of fused-ring (bicyclic) bond motifs is 1. The van der Waals surface area contributed by atoms with Crippen LogP contribution in [0.4, 0.5) is 0 Å². The Kier molecular flexibility index (Phi) is 2.83. The SMILES string of the molecule is Cc1ccc(C(=O)c2cc3ccc(O)cc3o2)cc1C. The molecule has 1 aromatic heterocycles. The molecule has 3 heteroatoms. The maximum absolute atomic E-state index is 12.4. The lowest BCUT2D eigenvalue weighted by atomic mass is 10.0. The standard InChI is InChI=1S/C17H14O3/c1-10-3-4-13(7-11(10)2)17(19)16-8-12-5-6-14(18)9-15(12)20-16/h3-9,18H,1-2H3. The van der Waals surface area contributed by atoms with Crippen molar-refractivity contribution in [2.45, 2.75) is 13.8 Å². The fourth-order valence-electron chi connectivity index (χ4n) is 2.16. The number of hydrogen-bond donors (Lipinski definition) is 1. The lowest BCUT2D eigenvalue weighted by Crippen LogP contribution is -2.00. The molecule has 0 saturated heterocycles. The van der Waals surface area contributed by atoms with Gasteiger partial charge in [-0.1, -0.05) is 12.1 Å². The zero-order valence-electron chi connectivity index (χ0n) is 11.3. The molecule has 0 saturated carbocycles. The van der Waals surface area contributed by atoms with Crippen molar-refractivity contribution in [3.63, 3.8) is 0 Å². The van der Waals surface area contributed by atoms with Crippen molar-refractivity contribution in [1.29, 1.82) is 0 Å². The van der Waals surface area contributed by atoms with Gasteiger partial charge in [-0.15, -0.1) is 0 Å². The van der Waals surface area contributed by atoms with Crippen molar-refractivity contribution >= 4 is 16.8 Å². The monoisotopic (exact) mass is 266 g/mol. The normalized spacial score (nSPS) is 10.9. The van der Waals surface area contributed by atoms with E-state index >= 15 is 0 Å². The number of carbonyl (C=O) groups is 1. The van der Waals surface area contributed by atoms with E-state index in [4.69, 9.17) is 4.42 Å². The number of phenols is 1. The second-order valence-corrected chi connectivity index (χ2v) is 4.96.